The predicted octanol–water partition coefficient (Wildman–Crippen LogP) is 6.87. The molecule has 5 aromatic rings. The molecule has 58 heavy (non-hydrogen) atoms. The Hall–Kier alpha value is -5.85. The molecule has 0 bridgehead atoms. The van der Waals surface area contributed by atoms with E-state index in [4.69, 9.17) is 4.74 Å². The molecule has 2 atom stereocenters. The molecule has 0 radical (unpaired) electrons. The van der Waals surface area contributed by atoms with E-state index in [0.29, 0.717) is 0 Å². The number of pyridine rings is 1. The van der Waals surface area contributed by atoms with Crippen molar-refractivity contribution < 1.29 is 23.9 Å². The number of esters is 1. The minimum atomic E-state index is -1.05. The molecule has 1 fully saturated rings. The van der Waals surface area contributed by atoms with Crippen LogP contribution in [-0.4, -0.2) is 57.0 Å². The van der Waals surface area contributed by atoms with Gasteiger partial charge >= 0.3 is 5.97 Å². The molecular formula is C46H46N4O6S2. The fourth-order valence-electron chi connectivity index (χ4n) is 6.93. The average Bonchev–Trinajstić information content (AvgIpc) is 3.81. The summed E-state index contributed by atoms with van der Waals surface area (Å²) in [6.45, 7) is 1.86. The second kappa shape index (κ2) is 20.5. The van der Waals surface area contributed by atoms with Gasteiger partial charge < -0.3 is 25.3 Å². The lowest BCUT2D eigenvalue weighted by Crippen LogP contribution is -2.48. The Kier molecular flexibility index (Phi) is 14.8. The van der Waals surface area contributed by atoms with Crippen molar-refractivity contribution >= 4 is 52.9 Å². The number of carbonyl (C=O) groups excluding carboxylic acids is 4. The van der Waals surface area contributed by atoms with Crippen LogP contribution in [0.15, 0.2) is 157 Å². The van der Waals surface area contributed by atoms with E-state index in [1.807, 2.05) is 121 Å². The summed E-state index contributed by atoms with van der Waals surface area (Å²) in [5.74, 6) is 0.0263. The molecule has 1 aromatic heterocycles. The third-order valence-corrected chi connectivity index (χ3v) is 12.7. The van der Waals surface area contributed by atoms with Crippen LogP contribution in [0.25, 0.3) is 0 Å². The number of hydrogen-bond acceptors (Lipinski definition) is 8. The summed E-state index contributed by atoms with van der Waals surface area (Å²) in [6, 6.07) is 39.9. The molecule has 1 aliphatic heterocycles. The molecule has 298 valence electrons. The molecule has 3 amide bonds. The quantitative estimate of drug-likeness (QED) is 0.0526. The number of aromatic nitrogens is 1. The first kappa shape index (κ1) is 41.8. The molecule has 6 rings (SSSR count). The van der Waals surface area contributed by atoms with E-state index >= 15 is 0 Å². The molecule has 4 aromatic carbocycles. The monoisotopic (exact) mass is 814 g/mol. The highest BCUT2D eigenvalue weighted by atomic mass is 32.2. The van der Waals surface area contributed by atoms with Gasteiger partial charge in [0.15, 0.2) is 0 Å². The van der Waals surface area contributed by atoms with Crippen molar-refractivity contribution in [3.63, 3.8) is 0 Å². The highest BCUT2D eigenvalue weighted by Crippen LogP contribution is 2.37. The van der Waals surface area contributed by atoms with Crippen molar-refractivity contribution in [1.29, 1.82) is 0 Å². The second-order valence-electron chi connectivity index (χ2n) is 13.6. The number of benzene rings is 4. The van der Waals surface area contributed by atoms with Gasteiger partial charge in [0, 0.05) is 42.7 Å². The molecule has 10 nitrogen and oxygen atoms in total. The first-order chi connectivity index (χ1) is 28.3. The lowest BCUT2D eigenvalue weighted by Gasteiger charge is -2.37. The number of hydrogen-bond donors (Lipinski definition) is 3. The topological polar surface area (TPSA) is 136 Å². The average molecular weight is 815 g/mol. The fourth-order valence-corrected chi connectivity index (χ4v) is 9.51. The van der Waals surface area contributed by atoms with Crippen LogP contribution in [0, 0.1) is 0 Å². The maximum Gasteiger partial charge on any atom is 0.330 e. The Morgan fingerprint density at radius 1 is 0.793 bits per heavy atom. The zero-order valence-electron chi connectivity index (χ0n) is 32.1. The Morgan fingerprint density at radius 3 is 1.90 bits per heavy atom. The standard InChI is InChI=1S/C46H46N4O6S2/c1-2-56-41(52)28-26-37(25-27-40(51)49-46(34-18-9-4-10-19-34,35-20-11-5-12-21-35)36-22-13-6-14-23-36)47-42(53)39(32-33-16-7-3-8-17-33)50-29-15-24-38(44(50)55)48-43(54)45-57-30-31-58-45/h3-24,26,28-29,37,39,45H,2,25,27,30-32H2,1H3,(H,47,53)(H,48,54)(H,49,51)/b28-26+/t37-,39-/m0/s1. The van der Waals surface area contributed by atoms with Crippen molar-refractivity contribution in [1.82, 2.24) is 15.2 Å². The van der Waals surface area contributed by atoms with Crippen LogP contribution in [-0.2, 0) is 35.9 Å². The SMILES string of the molecule is CCOC(=O)/C=C/[C@H](CCC(=O)NC(c1ccccc1)(c1ccccc1)c1ccccc1)NC(=O)[C@H](Cc1ccccc1)n1cccc(NC(=O)C2SCCS2)c1=O. The van der Waals surface area contributed by atoms with Gasteiger partial charge in [0.2, 0.25) is 17.7 Å². The van der Waals surface area contributed by atoms with Crippen LogP contribution < -0.4 is 21.5 Å². The molecule has 0 spiro atoms. The molecule has 12 heteroatoms. The summed E-state index contributed by atoms with van der Waals surface area (Å²) in [4.78, 5) is 68.1. The molecular weight excluding hydrogens is 769 g/mol. The maximum atomic E-state index is 14.4. The van der Waals surface area contributed by atoms with Gasteiger partial charge in [-0.05, 0) is 47.7 Å². The van der Waals surface area contributed by atoms with Gasteiger partial charge in [-0.25, -0.2) is 4.79 Å². The minimum absolute atomic E-state index is 0.0334. The zero-order chi connectivity index (χ0) is 40.7. The Morgan fingerprint density at radius 2 is 1.34 bits per heavy atom. The number of anilines is 1. The largest absolute Gasteiger partial charge is 0.463 e. The van der Waals surface area contributed by atoms with Crippen LogP contribution in [0.5, 0.6) is 0 Å². The summed E-state index contributed by atoms with van der Waals surface area (Å²) in [5, 5.41) is 9.13. The van der Waals surface area contributed by atoms with Gasteiger partial charge in [-0.1, -0.05) is 127 Å². The van der Waals surface area contributed by atoms with E-state index in [-0.39, 0.29) is 48.0 Å². The van der Waals surface area contributed by atoms with Gasteiger partial charge in [-0.2, -0.15) is 0 Å². The maximum absolute atomic E-state index is 14.4. The van der Waals surface area contributed by atoms with Gasteiger partial charge in [-0.3, -0.25) is 19.2 Å². The zero-order valence-corrected chi connectivity index (χ0v) is 33.8. The third-order valence-electron chi connectivity index (χ3n) is 9.69. The number of nitrogens with one attached hydrogen (secondary N) is 3. The summed E-state index contributed by atoms with van der Waals surface area (Å²) < 4.78 is 6.13. The Bertz CT molecular complexity index is 2130. The normalized spacial score (nSPS) is 14.0. The summed E-state index contributed by atoms with van der Waals surface area (Å²) in [7, 11) is 0. The van der Waals surface area contributed by atoms with Crippen molar-refractivity contribution in [3.8, 4) is 0 Å². The van der Waals surface area contributed by atoms with E-state index < -0.39 is 35.1 Å². The van der Waals surface area contributed by atoms with E-state index in [0.717, 1.165) is 33.8 Å². The van der Waals surface area contributed by atoms with E-state index in [1.54, 1.807) is 13.0 Å². The number of rotatable bonds is 17. The van der Waals surface area contributed by atoms with Gasteiger partial charge in [0.25, 0.3) is 5.56 Å². The van der Waals surface area contributed by atoms with Gasteiger partial charge in [-0.15, -0.1) is 23.5 Å². The highest BCUT2D eigenvalue weighted by molar-refractivity contribution is 8.21. The van der Waals surface area contributed by atoms with Crippen molar-refractivity contribution in [3.05, 3.63) is 184 Å². The first-order valence-corrected chi connectivity index (χ1v) is 21.3. The fraction of sp³-hybridized carbons (Fsp3) is 0.239. The van der Waals surface area contributed by atoms with Crippen LogP contribution in [0.4, 0.5) is 5.69 Å². The Labute approximate surface area is 346 Å². The van der Waals surface area contributed by atoms with Crippen molar-refractivity contribution in [2.45, 2.75) is 48.4 Å². The Balaban J connectivity index is 1.29. The lowest BCUT2D eigenvalue weighted by molar-refractivity contribution is -0.137. The van der Waals surface area contributed by atoms with Gasteiger partial charge in [0.05, 0.1) is 6.61 Å². The predicted molar refractivity (Wildman–Crippen MR) is 232 cm³/mol. The minimum Gasteiger partial charge on any atom is -0.463 e. The number of amides is 3. The molecule has 0 aliphatic carbocycles. The molecule has 0 saturated carbocycles. The second-order valence-corrected chi connectivity index (χ2v) is 16.3. The van der Waals surface area contributed by atoms with Crippen LogP contribution >= 0.6 is 23.5 Å². The lowest BCUT2D eigenvalue weighted by atomic mass is 9.77. The van der Waals surface area contributed by atoms with Crippen molar-refractivity contribution in [2.75, 3.05) is 23.4 Å². The van der Waals surface area contributed by atoms with E-state index in [1.165, 1.54) is 52.5 Å². The number of thioether (sulfide) groups is 2. The van der Waals surface area contributed by atoms with E-state index in [2.05, 4.69) is 16.0 Å². The third kappa shape index (κ3) is 10.6. The molecule has 3 N–H and O–H groups in total. The first-order valence-electron chi connectivity index (χ1n) is 19.2. The summed E-state index contributed by atoms with van der Waals surface area (Å²) >= 11 is 3.05. The summed E-state index contributed by atoms with van der Waals surface area (Å²) in [6.07, 6.45) is 4.51. The van der Waals surface area contributed by atoms with E-state index in [9.17, 15) is 24.0 Å². The number of ether oxygens (including phenoxy) is 1. The molecule has 1 saturated heterocycles. The van der Waals surface area contributed by atoms with Crippen LogP contribution in [0.1, 0.15) is 48.1 Å². The summed E-state index contributed by atoms with van der Waals surface area (Å²) in [5.41, 5.74) is 1.89. The van der Waals surface area contributed by atoms with Crippen LogP contribution in [0.3, 0.4) is 0 Å². The van der Waals surface area contributed by atoms with Gasteiger partial charge in [0.1, 0.15) is 21.9 Å². The van der Waals surface area contributed by atoms with Crippen molar-refractivity contribution in [2.24, 2.45) is 0 Å². The smallest absolute Gasteiger partial charge is 0.330 e. The van der Waals surface area contributed by atoms with Crippen LogP contribution in [0.2, 0.25) is 0 Å². The number of nitrogens with zero attached hydrogens (tertiary/aromatic N) is 1. The molecule has 0 unspecified atom stereocenters. The molecule has 1 aliphatic rings. The number of carbonyl (C=O) groups is 4. The molecule has 2 heterocycles. The highest BCUT2D eigenvalue weighted by Gasteiger charge is 2.38.